The summed E-state index contributed by atoms with van der Waals surface area (Å²) in [5, 5.41) is 3.07. The molecule has 222 valence electrons. The molecule has 0 bridgehead atoms. The van der Waals surface area contributed by atoms with E-state index in [4.69, 9.17) is 33.2 Å². The van der Waals surface area contributed by atoms with Crippen LogP contribution in [0, 0.1) is 0 Å². The second-order valence-electron chi connectivity index (χ2n) is 8.71. The van der Waals surface area contributed by atoms with Crippen LogP contribution in [-0.4, -0.2) is 61.3 Å². The number of anilines is 1. The summed E-state index contributed by atoms with van der Waals surface area (Å²) in [6.45, 7) is 0. The maximum atomic E-state index is 13.0. The molecular formula is C32H35NO9. The van der Waals surface area contributed by atoms with Crippen molar-refractivity contribution in [3.63, 3.8) is 0 Å². The monoisotopic (exact) mass is 577 g/mol. The van der Waals surface area contributed by atoms with E-state index in [1.165, 1.54) is 61.0 Å². The zero-order valence-corrected chi connectivity index (χ0v) is 24.7. The van der Waals surface area contributed by atoms with Gasteiger partial charge in [-0.3, -0.25) is 9.59 Å². The molecule has 42 heavy (non-hydrogen) atoms. The lowest BCUT2D eigenvalue weighted by Gasteiger charge is -2.13. The number of rotatable bonds is 15. The second-order valence-corrected chi connectivity index (χ2v) is 8.71. The molecule has 0 aliphatic heterocycles. The van der Waals surface area contributed by atoms with Crippen LogP contribution < -0.4 is 38.5 Å². The Bertz CT molecular complexity index is 1430. The molecular weight excluding hydrogens is 542 g/mol. The van der Waals surface area contributed by atoms with Crippen molar-refractivity contribution < 1.29 is 42.7 Å². The molecule has 0 aliphatic rings. The highest BCUT2D eigenvalue weighted by molar-refractivity contribution is 6.09. The third-order valence-electron chi connectivity index (χ3n) is 6.27. The summed E-state index contributed by atoms with van der Waals surface area (Å²) in [6, 6.07) is 12.0. The Kier molecular flexibility index (Phi) is 11.2. The average molecular weight is 578 g/mol. The lowest BCUT2D eigenvalue weighted by atomic mass is 10.1. The van der Waals surface area contributed by atoms with Crippen LogP contribution in [0.5, 0.6) is 40.2 Å². The van der Waals surface area contributed by atoms with E-state index in [1.54, 1.807) is 55.7 Å². The third-order valence-corrected chi connectivity index (χ3v) is 6.27. The molecule has 3 aromatic rings. The number of allylic oxidation sites excluding steroid dienone is 2. The summed E-state index contributed by atoms with van der Waals surface area (Å²) in [6.07, 6.45) is 6.08. The van der Waals surface area contributed by atoms with E-state index in [9.17, 15) is 9.59 Å². The van der Waals surface area contributed by atoms with Crippen LogP contribution in [0.2, 0.25) is 0 Å². The maximum absolute atomic E-state index is 13.0. The number of ketones is 2. The minimum absolute atomic E-state index is 0.124. The number of nitrogens with one attached hydrogen (secondary N) is 1. The largest absolute Gasteiger partial charge is 0.496 e. The van der Waals surface area contributed by atoms with E-state index in [0.717, 1.165) is 5.56 Å². The van der Waals surface area contributed by atoms with Crippen molar-refractivity contribution >= 4 is 23.3 Å². The van der Waals surface area contributed by atoms with E-state index in [1.807, 2.05) is 0 Å². The fourth-order valence-corrected chi connectivity index (χ4v) is 4.15. The summed E-state index contributed by atoms with van der Waals surface area (Å²) < 4.78 is 37.6. The minimum Gasteiger partial charge on any atom is -0.496 e. The Morgan fingerprint density at radius 3 is 1.67 bits per heavy atom. The van der Waals surface area contributed by atoms with Crippen LogP contribution in [0.4, 0.5) is 5.69 Å². The van der Waals surface area contributed by atoms with Gasteiger partial charge >= 0.3 is 0 Å². The average Bonchev–Trinajstić information content (AvgIpc) is 3.02. The number of benzene rings is 3. The molecule has 0 amide bonds. The first-order chi connectivity index (χ1) is 20.3. The number of carbonyl (C=O) groups excluding carboxylic acids is 2. The van der Waals surface area contributed by atoms with Gasteiger partial charge in [-0.25, -0.2) is 0 Å². The maximum Gasteiger partial charge on any atom is 0.194 e. The highest BCUT2D eigenvalue weighted by atomic mass is 16.5. The van der Waals surface area contributed by atoms with E-state index in [0.29, 0.717) is 51.5 Å². The zero-order valence-electron chi connectivity index (χ0n) is 24.7. The van der Waals surface area contributed by atoms with Crippen LogP contribution in [0.3, 0.4) is 0 Å². The molecule has 0 aromatic heterocycles. The van der Waals surface area contributed by atoms with E-state index in [-0.39, 0.29) is 23.6 Å². The Balaban J connectivity index is 1.78. The van der Waals surface area contributed by atoms with Crippen LogP contribution in [0.1, 0.15) is 21.5 Å². The Morgan fingerprint density at radius 1 is 0.643 bits per heavy atom. The molecule has 0 atom stereocenters. The van der Waals surface area contributed by atoms with Gasteiger partial charge in [0.05, 0.1) is 61.0 Å². The molecule has 0 unspecified atom stereocenters. The Morgan fingerprint density at radius 2 is 1.17 bits per heavy atom. The summed E-state index contributed by atoms with van der Waals surface area (Å²) in [5.41, 5.74) is 2.18. The highest BCUT2D eigenvalue weighted by Crippen LogP contribution is 2.36. The normalized spacial score (nSPS) is 10.8. The SMILES string of the molecule is COc1cc(OC)c(/C=C/C(=O)Cc2ccc(OC)c(N/C=C\C(=O)c3c(OC)cc(OC)cc3OC)c2)c(OC)c1. The molecule has 3 aromatic carbocycles. The van der Waals surface area contributed by atoms with Gasteiger partial charge in [-0.1, -0.05) is 6.07 Å². The molecule has 1 N–H and O–H groups in total. The first-order valence-electron chi connectivity index (χ1n) is 12.8. The van der Waals surface area contributed by atoms with E-state index < -0.39 is 0 Å². The van der Waals surface area contributed by atoms with Crippen molar-refractivity contribution in [3.8, 4) is 40.2 Å². The number of carbonyl (C=O) groups is 2. The van der Waals surface area contributed by atoms with Crippen LogP contribution >= 0.6 is 0 Å². The quantitative estimate of drug-likeness (QED) is 0.187. The highest BCUT2D eigenvalue weighted by Gasteiger charge is 2.19. The lowest BCUT2D eigenvalue weighted by Crippen LogP contribution is -2.04. The van der Waals surface area contributed by atoms with Crippen molar-refractivity contribution in [2.75, 3.05) is 55.1 Å². The van der Waals surface area contributed by atoms with Gasteiger partial charge in [-0.15, -0.1) is 0 Å². The van der Waals surface area contributed by atoms with Crippen molar-refractivity contribution in [1.82, 2.24) is 0 Å². The second kappa shape index (κ2) is 15.0. The topological polar surface area (TPSA) is 111 Å². The molecule has 0 spiro atoms. The summed E-state index contributed by atoms with van der Waals surface area (Å²) in [4.78, 5) is 25.9. The predicted octanol–water partition coefficient (Wildman–Crippen LogP) is 5.38. The van der Waals surface area contributed by atoms with Crippen molar-refractivity contribution in [3.05, 3.63) is 77.5 Å². The number of hydrogen-bond acceptors (Lipinski definition) is 10. The van der Waals surface area contributed by atoms with Gasteiger partial charge in [0.2, 0.25) is 0 Å². The first-order valence-corrected chi connectivity index (χ1v) is 12.8. The lowest BCUT2D eigenvalue weighted by molar-refractivity contribution is -0.113. The van der Waals surface area contributed by atoms with Crippen molar-refractivity contribution in [2.45, 2.75) is 6.42 Å². The van der Waals surface area contributed by atoms with Crippen LogP contribution in [0.25, 0.3) is 6.08 Å². The number of ether oxygens (including phenoxy) is 7. The molecule has 10 heteroatoms. The van der Waals surface area contributed by atoms with Gasteiger partial charge in [0.1, 0.15) is 45.8 Å². The summed E-state index contributed by atoms with van der Waals surface area (Å²) in [7, 11) is 10.6. The Labute approximate surface area is 245 Å². The molecule has 3 rings (SSSR count). The van der Waals surface area contributed by atoms with Gasteiger partial charge in [-0.05, 0) is 29.8 Å². The molecule has 0 fully saturated rings. The predicted molar refractivity (Wildman–Crippen MR) is 160 cm³/mol. The molecule has 10 nitrogen and oxygen atoms in total. The van der Waals surface area contributed by atoms with Crippen LogP contribution in [0.15, 0.2) is 60.8 Å². The smallest absolute Gasteiger partial charge is 0.194 e. The molecule has 0 saturated heterocycles. The fourth-order valence-electron chi connectivity index (χ4n) is 4.15. The Hall–Kier alpha value is -5.12. The zero-order chi connectivity index (χ0) is 30.6. The molecule has 0 aliphatic carbocycles. The van der Waals surface area contributed by atoms with Gasteiger partial charge in [-0.2, -0.15) is 0 Å². The first kappa shape index (κ1) is 31.4. The number of hydrogen-bond donors (Lipinski definition) is 1. The summed E-state index contributed by atoms with van der Waals surface area (Å²) in [5.74, 6) is 2.77. The number of methoxy groups -OCH3 is 7. The summed E-state index contributed by atoms with van der Waals surface area (Å²) >= 11 is 0. The molecule has 0 radical (unpaired) electrons. The van der Waals surface area contributed by atoms with E-state index >= 15 is 0 Å². The van der Waals surface area contributed by atoms with Crippen LogP contribution in [-0.2, 0) is 11.2 Å². The van der Waals surface area contributed by atoms with Gasteiger partial charge in [0.25, 0.3) is 0 Å². The van der Waals surface area contributed by atoms with Crippen molar-refractivity contribution in [1.29, 1.82) is 0 Å². The van der Waals surface area contributed by atoms with Gasteiger partial charge in [0.15, 0.2) is 11.6 Å². The van der Waals surface area contributed by atoms with E-state index in [2.05, 4.69) is 5.32 Å². The minimum atomic E-state index is -0.348. The van der Waals surface area contributed by atoms with Crippen molar-refractivity contribution in [2.24, 2.45) is 0 Å². The van der Waals surface area contributed by atoms with Gasteiger partial charge < -0.3 is 38.5 Å². The third kappa shape index (κ3) is 7.54. The molecule has 0 heterocycles. The molecule has 0 saturated carbocycles. The van der Waals surface area contributed by atoms with Gasteiger partial charge in [0, 0.05) is 43.0 Å². The fraction of sp³-hybridized carbons (Fsp3) is 0.250. The standard InChI is InChI=1S/C32H35NO9/c1-36-22-16-28(39-4)24(29(17-22)40-5)10-9-21(34)14-20-8-11-27(38-3)25(15-20)33-13-12-26(35)32-30(41-6)18-23(37-2)19-31(32)42-7/h8-13,15-19,33H,14H2,1-7H3/b10-9+,13-12-.